The van der Waals surface area contributed by atoms with Gasteiger partial charge < -0.3 is 10.1 Å². The van der Waals surface area contributed by atoms with E-state index in [2.05, 4.69) is 5.32 Å². The van der Waals surface area contributed by atoms with Crippen LogP contribution in [0.3, 0.4) is 0 Å². The Hall–Kier alpha value is -1.09. The van der Waals surface area contributed by atoms with Crippen molar-refractivity contribution in [3.63, 3.8) is 0 Å². The maximum atomic E-state index is 13.4. The molecule has 1 atom stereocenters. The van der Waals surface area contributed by atoms with Gasteiger partial charge in [0, 0.05) is 0 Å². The third-order valence-corrected chi connectivity index (χ3v) is 3.49. The molecular weight excluding hydrogens is 217 g/mol. The van der Waals surface area contributed by atoms with Crippen molar-refractivity contribution < 1.29 is 9.13 Å². The number of halogens is 1. The van der Waals surface area contributed by atoms with Crippen molar-refractivity contribution in [3.05, 3.63) is 29.3 Å². The van der Waals surface area contributed by atoms with Crippen LogP contribution in [0.15, 0.2) is 18.2 Å². The standard InChI is InChI=1S/C14H20FNO/c1-10(15)12-3-4-14(17-2)13(9-12)11-5-7-16-8-6-11/h3-4,9-11,16H,5-8H2,1-2H3. The molecule has 0 aromatic heterocycles. The molecule has 94 valence electrons. The Morgan fingerprint density at radius 3 is 2.65 bits per heavy atom. The fourth-order valence-corrected chi connectivity index (χ4v) is 2.45. The number of hydrogen-bond acceptors (Lipinski definition) is 2. The molecule has 1 aliphatic heterocycles. The van der Waals surface area contributed by atoms with E-state index in [1.54, 1.807) is 14.0 Å². The average molecular weight is 237 g/mol. The number of benzene rings is 1. The summed E-state index contributed by atoms with van der Waals surface area (Å²) in [5, 5.41) is 3.34. The van der Waals surface area contributed by atoms with Crippen molar-refractivity contribution in [2.24, 2.45) is 0 Å². The molecule has 0 radical (unpaired) electrons. The maximum absolute atomic E-state index is 13.4. The minimum absolute atomic E-state index is 0.491. The fourth-order valence-electron chi connectivity index (χ4n) is 2.45. The average Bonchev–Trinajstić information content (AvgIpc) is 2.39. The lowest BCUT2D eigenvalue weighted by molar-refractivity contribution is 0.368. The van der Waals surface area contributed by atoms with Gasteiger partial charge in [0.2, 0.25) is 0 Å². The molecule has 2 rings (SSSR count). The SMILES string of the molecule is COc1ccc(C(C)F)cc1C1CCNCC1. The molecule has 17 heavy (non-hydrogen) atoms. The third kappa shape index (κ3) is 2.78. The summed E-state index contributed by atoms with van der Waals surface area (Å²) in [4.78, 5) is 0. The number of piperidine rings is 1. The van der Waals surface area contributed by atoms with Gasteiger partial charge in [-0.2, -0.15) is 0 Å². The summed E-state index contributed by atoms with van der Waals surface area (Å²) >= 11 is 0. The second-order valence-electron chi connectivity index (χ2n) is 4.64. The summed E-state index contributed by atoms with van der Waals surface area (Å²) in [6.45, 7) is 3.64. The molecule has 1 aliphatic rings. The van der Waals surface area contributed by atoms with Gasteiger partial charge in [0.25, 0.3) is 0 Å². The predicted octanol–water partition coefficient (Wildman–Crippen LogP) is 3.19. The van der Waals surface area contributed by atoms with Gasteiger partial charge in [-0.1, -0.05) is 6.07 Å². The smallest absolute Gasteiger partial charge is 0.122 e. The summed E-state index contributed by atoms with van der Waals surface area (Å²) < 4.78 is 18.8. The van der Waals surface area contributed by atoms with E-state index in [1.807, 2.05) is 18.2 Å². The molecule has 0 amide bonds. The zero-order valence-electron chi connectivity index (χ0n) is 10.5. The fraction of sp³-hybridized carbons (Fsp3) is 0.571. The topological polar surface area (TPSA) is 21.3 Å². The molecule has 2 nitrogen and oxygen atoms in total. The van der Waals surface area contributed by atoms with E-state index in [-0.39, 0.29) is 0 Å². The summed E-state index contributed by atoms with van der Waals surface area (Å²) in [6.07, 6.45) is 1.28. The quantitative estimate of drug-likeness (QED) is 0.871. The highest BCUT2D eigenvalue weighted by molar-refractivity contribution is 5.40. The number of ether oxygens (including phenoxy) is 1. The zero-order valence-corrected chi connectivity index (χ0v) is 10.5. The number of hydrogen-bond donors (Lipinski definition) is 1. The lowest BCUT2D eigenvalue weighted by Gasteiger charge is -2.25. The highest BCUT2D eigenvalue weighted by atomic mass is 19.1. The van der Waals surface area contributed by atoms with Crippen LogP contribution in [-0.4, -0.2) is 20.2 Å². The van der Waals surface area contributed by atoms with Crippen molar-refractivity contribution in [3.8, 4) is 5.75 Å². The largest absolute Gasteiger partial charge is 0.496 e. The number of alkyl halides is 1. The van der Waals surface area contributed by atoms with E-state index in [9.17, 15) is 4.39 Å². The van der Waals surface area contributed by atoms with E-state index in [0.717, 1.165) is 42.8 Å². The Bertz CT molecular complexity index is 372. The van der Waals surface area contributed by atoms with Crippen molar-refractivity contribution in [2.45, 2.75) is 31.9 Å². The summed E-state index contributed by atoms with van der Waals surface area (Å²) in [7, 11) is 1.68. The van der Waals surface area contributed by atoms with Gasteiger partial charge in [0.1, 0.15) is 11.9 Å². The Labute approximate surface area is 102 Å². The van der Waals surface area contributed by atoms with Gasteiger partial charge >= 0.3 is 0 Å². The Morgan fingerprint density at radius 2 is 2.06 bits per heavy atom. The Kier molecular flexibility index (Phi) is 4.00. The molecule has 1 heterocycles. The maximum Gasteiger partial charge on any atom is 0.122 e. The minimum Gasteiger partial charge on any atom is -0.496 e. The van der Waals surface area contributed by atoms with Crippen molar-refractivity contribution in [1.82, 2.24) is 5.32 Å². The molecule has 3 heteroatoms. The van der Waals surface area contributed by atoms with Gasteiger partial charge in [-0.25, -0.2) is 4.39 Å². The number of methoxy groups -OCH3 is 1. The second kappa shape index (κ2) is 5.50. The Balaban J connectivity index is 2.30. The van der Waals surface area contributed by atoms with Crippen LogP contribution in [0.2, 0.25) is 0 Å². The highest BCUT2D eigenvalue weighted by Gasteiger charge is 2.20. The zero-order chi connectivity index (χ0) is 12.3. The number of nitrogens with one attached hydrogen (secondary N) is 1. The van der Waals surface area contributed by atoms with Crippen LogP contribution < -0.4 is 10.1 Å². The molecule has 1 fully saturated rings. The highest BCUT2D eigenvalue weighted by Crippen LogP contribution is 2.34. The van der Waals surface area contributed by atoms with Crippen molar-refractivity contribution >= 4 is 0 Å². The molecule has 1 aromatic rings. The summed E-state index contributed by atoms with van der Waals surface area (Å²) in [5.74, 6) is 1.38. The lowest BCUT2D eigenvalue weighted by Crippen LogP contribution is -2.26. The molecule has 1 saturated heterocycles. The molecule has 0 aliphatic carbocycles. The number of rotatable bonds is 3. The Morgan fingerprint density at radius 1 is 1.35 bits per heavy atom. The van der Waals surface area contributed by atoms with Crippen LogP contribution in [-0.2, 0) is 0 Å². The van der Waals surface area contributed by atoms with E-state index >= 15 is 0 Å². The van der Waals surface area contributed by atoms with Gasteiger partial charge in [-0.05, 0) is 62.0 Å². The normalized spacial score (nSPS) is 19.0. The van der Waals surface area contributed by atoms with Crippen LogP contribution in [0.4, 0.5) is 4.39 Å². The second-order valence-corrected chi connectivity index (χ2v) is 4.64. The summed E-state index contributed by atoms with van der Waals surface area (Å²) in [6, 6.07) is 5.68. The first-order valence-electron chi connectivity index (χ1n) is 6.25. The van der Waals surface area contributed by atoms with Crippen LogP contribution >= 0.6 is 0 Å². The predicted molar refractivity (Wildman–Crippen MR) is 67.4 cm³/mol. The molecule has 1 unspecified atom stereocenters. The van der Waals surface area contributed by atoms with E-state index in [0.29, 0.717) is 5.92 Å². The van der Waals surface area contributed by atoms with Crippen LogP contribution in [0.1, 0.15) is 43.0 Å². The van der Waals surface area contributed by atoms with E-state index in [4.69, 9.17) is 4.74 Å². The molecule has 1 aromatic carbocycles. The van der Waals surface area contributed by atoms with Crippen molar-refractivity contribution in [1.29, 1.82) is 0 Å². The lowest BCUT2D eigenvalue weighted by atomic mass is 9.88. The molecule has 0 bridgehead atoms. The van der Waals surface area contributed by atoms with Gasteiger partial charge in [-0.15, -0.1) is 0 Å². The van der Waals surface area contributed by atoms with Crippen LogP contribution in [0.5, 0.6) is 5.75 Å². The van der Waals surface area contributed by atoms with E-state index in [1.165, 1.54) is 0 Å². The van der Waals surface area contributed by atoms with Crippen LogP contribution in [0, 0.1) is 0 Å². The van der Waals surface area contributed by atoms with Crippen LogP contribution in [0.25, 0.3) is 0 Å². The third-order valence-electron chi connectivity index (χ3n) is 3.49. The first kappa shape index (κ1) is 12.4. The molecule has 0 spiro atoms. The van der Waals surface area contributed by atoms with Crippen molar-refractivity contribution in [2.75, 3.05) is 20.2 Å². The molecule has 1 N–H and O–H groups in total. The summed E-state index contributed by atoms with van der Waals surface area (Å²) in [5.41, 5.74) is 1.91. The van der Waals surface area contributed by atoms with Gasteiger partial charge in [-0.3, -0.25) is 0 Å². The van der Waals surface area contributed by atoms with Gasteiger partial charge in [0.05, 0.1) is 7.11 Å². The molecule has 0 saturated carbocycles. The minimum atomic E-state index is -0.915. The van der Waals surface area contributed by atoms with E-state index < -0.39 is 6.17 Å². The molecular formula is C14H20FNO. The van der Waals surface area contributed by atoms with Gasteiger partial charge in [0.15, 0.2) is 0 Å². The monoisotopic (exact) mass is 237 g/mol. The first-order chi connectivity index (χ1) is 8.22. The first-order valence-corrected chi connectivity index (χ1v) is 6.25.